The van der Waals surface area contributed by atoms with Crippen LogP contribution in [0, 0.1) is 0 Å². The summed E-state index contributed by atoms with van der Waals surface area (Å²) in [5, 5.41) is 0. The van der Waals surface area contributed by atoms with Crippen molar-refractivity contribution in [2.24, 2.45) is 0 Å². The van der Waals surface area contributed by atoms with Crippen LogP contribution in [0.25, 0.3) is 0 Å². The molecule has 0 heterocycles. The second kappa shape index (κ2) is 44.6. The highest BCUT2D eigenvalue weighted by molar-refractivity contribution is 5.71. The molecule has 0 saturated carbocycles. The Balaban J connectivity index is 4.45. The molecule has 0 radical (unpaired) electrons. The van der Waals surface area contributed by atoms with Gasteiger partial charge in [-0.05, 0) is 70.6 Å². The molecule has 0 aliphatic carbocycles. The highest BCUT2D eigenvalue weighted by Crippen LogP contribution is 2.14. The van der Waals surface area contributed by atoms with Crippen LogP contribution in [-0.2, 0) is 28.6 Å². The van der Waals surface area contributed by atoms with E-state index in [9.17, 15) is 14.4 Å². The molecule has 0 bridgehead atoms. The average Bonchev–Trinajstić information content (AvgIpc) is 3.19. The van der Waals surface area contributed by atoms with Gasteiger partial charge in [0, 0.05) is 19.3 Å². The Morgan fingerprint density at radius 2 is 0.786 bits per heavy atom. The van der Waals surface area contributed by atoms with E-state index >= 15 is 0 Å². The van der Waals surface area contributed by atoms with Gasteiger partial charge in [-0.25, -0.2) is 0 Å². The van der Waals surface area contributed by atoms with Gasteiger partial charge in [0.15, 0.2) is 6.10 Å². The number of unbranched alkanes of at least 4 members (excludes halogenated alkanes) is 19. The van der Waals surface area contributed by atoms with E-state index in [4.69, 9.17) is 14.2 Å². The zero-order valence-corrected chi connectivity index (χ0v) is 36.4. The van der Waals surface area contributed by atoms with E-state index in [1.807, 2.05) is 0 Å². The van der Waals surface area contributed by atoms with Gasteiger partial charge in [-0.2, -0.15) is 0 Å². The molecular formula is C50H84O6. The molecule has 0 aliphatic rings. The molecule has 0 aromatic heterocycles. The third-order valence-electron chi connectivity index (χ3n) is 9.52. The van der Waals surface area contributed by atoms with Crippen molar-refractivity contribution in [2.75, 3.05) is 13.2 Å². The number of carbonyl (C=O) groups excluding carboxylic acids is 3. The van der Waals surface area contributed by atoms with Crippen LogP contribution in [0.3, 0.4) is 0 Å². The van der Waals surface area contributed by atoms with Gasteiger partial charge in [-0.15, -0.1) is 0 Å². The number of carbonyl (C=O) groups is 3. The predicted molar refractivity (Wildman–Crippen MR) is 238 cm³/mol. The molecule has 0 saturated heterocycles. The third-order valence-corrected chi connectivity index (χ3v) is 9.52. The average molecular weight is 781 g/mol. The first-order valence-electron chi connectivity index (χ1n) is 23.0. The molecular weight excluding hydrogens is 697 g/mol. The van der Waals surface area contributed by atoms with Crippen LogP contribution < -0.4 is 0 Å². The Hall–Kier alpha value is -3.15. The first-order valence-corrected chi connectivity index (χ1v) is 23.0. The topological polar surface area (TPSA) is 78.9 Å². The molecule has 56 heavy (non-hydrogen) atoms. The Labute approximate surface area is 344 Å². The molecule has 0 N–H and O–H groups in total. The van der Waals surface area contributed by atoms with Crippen molar-refractivity contribution in [3.63, 3.8) is 0 Å². The monoisotopic (exact) mass is 781 g/mol. The van der Waals surface area contributed by atoms with Gasteiger partial charge < -0.3 is 14.2 Å². The summed E-state index contributed by atoms with van der Waals surface area (Å²) >= 11 is 0. The largest absolute Gasteiger partial charge is 0.462 e. The molecule has 1 unspecified atom stereocenters. The molecule has 1 atom stereocenters. The van der Waals surface area contributed by atoms with E-state index in [0.29, 0.717) is 19.3 Å². The number of ether oxygens (including phenoxy) is 3. The summed E-state index contributed by atoms with van der Waals surface area (Å²) in [7, 11) is 0. The van der Waals surface area contributed by atoms with Crippen LogP contribution >= 0.6 is 0 Å². The zero-order chi connectivity index (χ0) is 40.8. The van der Waals surface area contributed by atoms with Crippen molar-refractivity contribution < 1.29 is 28.6 Å². The fourth-order valence-corrected chi connectivity index (χ4v) is 6.10. The number of esters is 3. The van der Waals surface area contributed by atoms with Gasteiger partial charge in [0.1, 0.15) is 13.2 Å². The van der Waals surface area contributed by atoms with E-state index in [1.54, 1.807) is 0 Å². The zero-order valence-electron chi connectivity index (χ0n) is 36.4. The minimum absolute atomic E-state index is 0.0906. The fraction of sp³-hybridized carbons (Fsp3) is 0.700. The van der Waals surface area contributed by atoms with Crippen molar-refractivity contribution in [3.05, 3.63) is 72.9 Å². The summed E-state index contributed by atoms with van der Waals surface area (Å²) in [6, 6.07) is 0. The maximum atomic E-state index is 12.7. The standard InChI is InChI=1S/C50H84O6/c1-4-7-10-13-16-19-22-24-26-28-31-34-37-40-43-49(52)55-46-47(45-54-48(51)42-39-36-33-30-27-21-18-15-12-9-6-3)56-50(53)44-41-38-35-32-29-25-23-20-17-14-11-8-5-2/h7-8,10-11,14,16-17,19-20,23-24,26,47H,4-6,9,12-13,15,18,21-22,25,27-46H2,1-3H3/b10-7-,11-8-,17-14-,19-16-,23-20-,26-24-. The highest BCUT2D eigenvalue weighted by atomic mass is 16.6. The third kappa shape index (κ3) is 42.0. The van der Waals surface area contributed by atoms with Gasteiger partial charge >= 0.3 is 17.9 Å². The van der Waals surface area contributed by atoms with Gasteiger partial charge in [0.25, 0.3) is 0 Å². The van der Waals surface area contributed by atoms with Gasteiger partial charge in [-0.3, -0.25) is 14.4 Å². The van der Waals surface area contributed by atoms with Gasteiger partial charge in [0.2, 0.25) is 0 Å². The van der Waals surface area contributed by atoms with Gasteiger partial charge in [0.05, 0.1) is 0 Å². The first kappa shape index (κ1) is 52.9. The molecule has 0 aliphatic heterocycles. The molecule has 0 aromatic rings. The smallest absolute Gasteiger partial charge is 0.306 e. The SMILES string of the molecule is CC\C=C/C=C\C=C/CCCCCCCC(=O)OC(COC(=O)CCCCCC/C=C\C/C=C\C/C=C\CC)COC(=O)CCCCCCCCCCCCC. The second-order valence-corrected chi connectivity index (χ2v) is 15.0. The summed E-state index contributed by atoms with van der Waals surface area (Å²) < 4.78 is 16.7. The van der Waals surface area contributed by atoms with E-state index in [1.165, 1.54) is 51.4 Å². The lowest BCUT2D eigenvalue weighted by molar-refractivity contribution is -0.167. The van der Waals surface area contributed by atoms with Crippen LogP contribution in [0.2, 0.25) is 0 Å². The molecule has 0 aromatic carbocycles. The molecule has 6 heteroatoms. The minimum atomic E-state index is -0.791. The Bertz CT molecular complexity index is 1080. The Morgan fingerprint density at radius 3 is 1.29 bits per heavy atom. The van der Waals surface area contributed by atoms with Crippen LogP contribution in [0.5, 0.6) is 0 Å². The quantitative estimate of drug-likeness (QED) is 0.0203. The van der Waals surface area contributed by atoms with Crippen molar-refractivity contribution in [1.29, 1.82) is 0 Å². The van der Waals surface area contributed by atoms with Crippen LogP contribution in [0.4, 0.5) is 0 Å². The van der Waals surface area contributed by atoms with Crippen LogP contribution in [-0.4, -0.2) is 37.2 Å². The van der Waals surface area contributed by atoms with E-state index in [0.717, 1.165) is 116 Å². The van der Waals surface area contributed by atoms with Crippen molar-refractivity contribution in [1.82, 2.24) is 0 Å². The van der Waals surface area contributed by atoms with Crippen LogP contribution in [0.15, 0.2) is 72.9 Å². The lowest BCUT2D eigenvalue weighted by Gasteiger charge is -2.18. The normalized spacial score (nSPS) is 12.7. The molecule has 320 valence electrons. The van der Waals surface area contributed by atoms with E-state index < -0.39 is 6.10 Å². The van der Waals surface area contributed by atoms with Crippen LogP contribution in [0.1, 0.15) is 207 Å². The predicted octanol–water partition coefficient (Wildman–Crippen LogP) is 14.7. The number of hydrogen-bond donors (Lipinski definition) is 0. The second-order valence-electron chi connectivity index (χ2n) is 15.0. The molecule has 0 fully saturated rings. The highest BCUT2D eigenvalue weighted by Gasteiger charge is 2.19. The van der Waals surface area contributed by atoms with Gasteiger partial charge in [-0.1, -0.05) is 190 Å². The van der Waals surface area contributed by atoms with Crippen molar-refractivity contribution >= 4 is 17.9 Å². The summed E-state index contributed by atoms with van der Waals surface area (Å²) in [4.78, 5) is 37.7. The van der Waals surface area contributed by atoms with Crippen molar-refractivity contribution in [3.8, 4) is 0 Å². The first-order chi connectivity index (χ1) is 27.5. The molecule has 0 rings (SSSR count). The maximum absolute atomic E-state index is 12.7. The lowest BCUT2D eigenvalue weighted by atomic mass is 10.1. The lowest BCUT2D eigenvalue weighted by Crippen LogP contribution is -2.30. The summed E-state index contributed by atoms with van der Waals surface area (Å²) in [6.45, 7) is 6.33. The minimum Gasteiger partial charge on any atom is -0.462 e. The molecule has 6 nitrogen and oxygen atoms in total. The molecule has 0 amide bonds. The maximum Gasteiger partial charge on any atom is 0.306 e. The number of allylic oxidation sites excluding steroid dienone is 12. The van der Waals surface area contributed by atoms with Crippen molar-refractivity contribution in [2.45, 2.75) is 213 Å². The summed E-state index contributed by atoms with van der Waals surface area (Å²) in [6.07, 6.45) is 54.5. The summed E-state index contributed by atoms with van der Waals surface area (Å²) in [5.74, 6) is -0.940. The molecule has 0 spiro atoms. The Morgan fingerprint density at radius 1 is 0.393 bits per heavy atom. The van der Waals surface area contributed by atoms with E-state index in [2.05, 4.69) is 93.7 Å². The van der Waals surface area contributed by atoms with E-state index in [-0.39, 0.29) is 31.1 Å². The fourth-order valence-electron chi connectivity index (χ4n) is 6.10. The Kier molecular flexibility index (Phi) is 42.1. The summed E-state index contributed by atoms with van der Waals surface area (Å²) in [5.41, 5.74) is 0. The number of rotatable bonds is 40. The number of hydrogen-bond acceptors (Lipinski definition) is 6.